The first-order valence-corrected chi connectivity index (χ1v) is 19.2. The van der Waals surface area contributed by atoms with Gasteiger partial charge in [0.2, 0.25) is 0 Å². The lowest BCUT2D eigenvalue weighted by atomic mass is 9.87. The number of pyridine rings is 1. The van der Waals surface area contributed by atoms with E-state index in [2.05, 4.69) is 20.2 Å². The van der Waals surface area contributed by atoms with Crippen LogP contribution in [0.1, 0.15) is 93.4 Å². The van der Waals surface area contributed by atoms with Gasteiger partial charge in [-0.1, -0.05) is 18.2 Å². The van der Waals surface area contributed by atoms with Crippen molar-refractivity contribution >= 4 is 26.7 Å². The minimum Gasteiger partial charge on any atom is -0.381 e. The van der Waals surface area contributed by atoms with Crippen molar-refractivity contribution in [3.05, 3.63) is 63.5 Å². The van der Waals surface area contributed by atoms with Crippen molar-refractivity contribution in [2.24, 2.45) is 5.92 Å². The molecule has 4 aliphatic heterocycles. The molecule has 13 heteroatoms. The van der Waals surface area contributed by atoms with Gasteiger partial charge >= 0.3 is 0 Å². The smallest absolute Gasteiger partial charge is 0.276 e. The van der Waals surface area contributed by atoms with E-state index in [9.17, 15) is 13.2 Å². The average molecular weight is 690 g/mol. The Morgan fingerprint density at radius 3 is 2.46 bits per heavy atom. The molecule has 6 heterocycles. The molecule has 7 rings (SSSR count). The molecule has 4 aliphatic rings. The van der Waals surface area contributed by atoms with Crippen molar-refractivity contribution in [2.75, 3.05) is 49.7 Å². The van der Waals surface area contributed by atoms with Gasteiger partial charge in [-0.05, 0) is 95.8 Å². The van der Waals surface area contributed by atoms with E-state index in [1.54, 1.807) is 17.6 Å². The molecule has 2 saturated heterocycles. The number of hydrogen-bond acceptors (Lipinski definition) is 8. The molecule has 9 nitrogen and oxygen atoms in total. The Morgan fingerprint density at radius 2 is 1.69 bits per heavy atom. The third kappa shape index (κ3) is 7.89. The van der Waals surface area contributed by atoms with Crippen LogP contribution in [-0.4, -0.2) is 72.2 Å². The number of alkyl halides is 2. The highest BCUT2D eigenvalue weighted by Crippen LogP contribution is 2.41. The van der Waals surface area contributed by atoms with Crippen LogP contribution in [0.5, 0.6) is 0 Å². The molecule has 262 valence electrons. The van der Waals surface area contributed by atoms with Gasteiger partial charge in [-0.3, -0.25) is 9.36 Å². The van der Waals surface area contributed by atoms with Crippen LogP contribution < -0.4 is 10.9 Å². The molecule has 1 atom stereocenters. The number of benzene rings is 1. The van der Waals surface area contributed by atoms with Gasteiger partial charge in [-0.2, -0.15) is 0 Å². The van der Waals surface area contributed by atoms with E-state index in [4.69, 9.17) is 4.74 Å². The number of nitrogens with zero attached hydrogens (tertiary/aromatic N) is 4. The topological polar surface area (TPSA) is 106 Å². The molecule has 3 aromatic rings. The standard InChI is InChI=1S/C35H46F3N5O4S/c1-24-27-7-5-8-30(31(27)36)35(37,38)22-25-9-15-42(16-10-25)13-3-2-4-17-47-18-6-14-43-33-29(32(41-24)39-23-40-33)21-28(34(43)44)26-11-19-48(45,46)20-12-26/h5,7-8,21,23-26H,2-4,6,9-20,22H2,1H3,(H,39,40,41)/t24-/m1/s1. The zero-order valence-corrected chi connectivity index (χ0v) is 28.4. The molecule has 0 spiro atoms. The van der Waals surface area contributed by atoms with Crippen LogP contribution in [0, 0.1) is 11.7 Å². The number of rotatable bonds is 1. The molecular weight excluding hydrogens is 643 g/mol. The number of anilines is 1. The summed E-state index contributed by atoms with van der Waals surface area (Å²) >= 11 is 0. The molecule has 1 aromatic carbocycles. The van der Waals surface area contributed by atoms with Crippen LogP contribution in [0.2, 0.25) is 0 Å². The first-order valence-electron chi connectivity index (χ1n) is 17.3. The highest BCUT2D eigenvalue weighted by Gasteiger charge is 2.39. The number of fused-ring (bicyclic) bond motifs is 12. The van der Waals surface area contributed by atoms with Crippen molar-refractivity contribution in [3.8, 4) is 0 Å². The number of aromatic nitrogens is 3. The first-order chi connectivity index (χ1) is 23.0. The van der Waals surface area contributed by atoms with E-state index in [0.717, 1.165) is 38.9 Å². The number of aryl methyl sites for hydroxylation is 1. The molecule has 8 bridgehead atoms. The van der Waals surface area contributed by atoms with Crippen molar-refractivity contribution in [2.45, 2.75) is 89.1 Å². The van der Waals surface area contributed by atoms with Gasteiger partial charge < -0.3 is 15.0 Å². The maximum Gasteiger partial charge on any atom is 0.276 e. The highest BCUT2D eigenvalue weighted by atomic mass is 32.2. The summed E-state index contributed by atoms with van der Waals surface area (Å²) < 4.78 is 79.3. The molecular formula is C35H46F3N5O4S. The summed E-state index contributed by atoms with van der Waals surface area (Å²) in [5.74, 6) is -4.34. The molecule has 2 aromatic heterocycles. The summed E-state index contributed by atoms with van der Waals surface area (Å²) in [5, 5.41) is 3.74. The van der Waals surface area contributed by atoms with Gasteiger partial charge in [0, 0.05) is 37.3 Å². The Kier molecular flexibility index (Phi) is 10.8. The van der Waals surface area contributed by atoms with Crippen LogP contribution in [-0.2, 0) is 27.0 Å². The van der Waals surface area contributed by atoms with Gasteiger partial charge in [0.15, 0.2) is 0 Å². The molecule has 2 fully saturated rings. The second kappa shape index (κ2) is 14.8. The van der Waals surface area contributed by atoms with Crippen LogP contribution in [0.4, 0.5) is 19.0 Å². The number of piperidine rings is 1. The zero-order chi connectivity index (χ0) is 33.9. The normalized spacial score (nSPS) is 26.1. The largest absolute Gasteiger partial charge is 0.381 e. The summed E-state index contributed by atoms with van der Waals surface area (Å²) in [6.07, 6.45) is 6.44. The van der Waals surface area contributed by atoms with Crippen molar-refractivity contribution in [1.82, 2.24) is 19.4 Å². The number of ether oxygens (including phenoxy) is 1. The summed E-state index contributed by atoms with van der Waals surface area (Å²) in [6.45, 7) is 5.59. The maximum atomic E-state index is 16.0. The third-order valence-corrected chi connectivity index (χ3v) is 12.0. The van der Waals surface area contributed by atoms with Gasteiger partial charge in [0.05, 0.1) is 28.5 Å². The lowest BCUT2D eigenvalue weighted by Gasteiger charge is -2.34. The van der Waals surface area contributed by atoms with E-state index in [1.807, 2.05) is 0 Å². The van der Waals surface area contributed by atoms with Crippen LogP contribution in [0.3, 0.4) is 0 Å². The quantitative estimate of drug-likeness (QED) is 0.323. The highest BCUT2D eigenvalue weighted by molar-refractivity contribution is 7.91. The van der Waals surface area contributed by atoms with E-state index < -0.39 is 33.2 Å². The Balaban J connectivity index is 1.36. The zero-order valence-electron chi connectivity index (χ0n) is 27.6. The number of sulfone groups is 1. The van der Waals surface area contributed by atoms with Crippen molar-refractivity contribution < 1.29 is 26.3 Å². The molecule has 0 aliphatic carbocycles. The van der Waals surface area contributed by atoms with Gasteiger partial charge in [0.25, 0.3) is 11.5 Å². The molecule has 0 saturated carbocycles. The third-order valence-electron chi connectivity index (χ3n) is 10.3. The minimum absolute atomic E-state index is 0.00937. The maximum absolute atomic E-state index is 16.0. The van der Waals surface area contributed by atoms with E-state index in [1.165, 1.54) is 24.5 Å². The SMILES string of the molecule is C[C@H]1Nc2ncnc3c2cc(C2CCS(=O)(=O)CC2)c(=O)n3CCCOCCCCCN2CCC(CC2)CC(F)(F)c2cccc1c2F. The lowest BCUT2D eigenvalue weighted by molar-refractivity contribution is -0.0401. The average Bonchev–Trinajstić information content (AvgIpc) is 3.05. The molecule has 0 amide bonds. The van der Waals surface area contributed by atoms with Crippen LogP contribution >= 0.6 is 0 Å². The Bertz CT molecular complexity index is 1750. The fourth-order valence-electron chi connectivity index (χ4n) is 7.50. The Hall–Kier alpha value is -3.03. The summed E-state index contributed by atoms with van der Waals surface area (Å²) in [7, 11) is -3.15. The van der Waals surface area contributed by atoms with Crippen molar-refractivity contribution in [1.29, 1.82) is 0 Å². The molecule has 48 heavy (non-hydrogen) atoms. The molecule has 0 radical (unpaired) electrons. The van der Waals surface area contributed by atoms with Gasteiger partial charge in [0.1, 0.15) is 33.4 Å². The molecule has 0 unspecified atom stereocenters. The molecule has 1 N–H and O–H groups in total. The minimum atomic E-state index is -3.32. The number of hydrogen-bond donors (Lipinski definition) is 1. The monoisotopic (exact) mass is 689 g/mol. The van der Waals surface area contributed by atoms with Gasteiger partial charge in [-0.15, -0.1) is 0 Å². The Morgan fingerprint density at radius 1 is 0.938 bits per heavy atom. The predicted molar refractivity (Wildman–Crippen MR) is 180 cm³/mol. The second-order valence-corrected chi connectivity index (χ2v) is 16.0. The summed E-state index contributed by atoms with van der Waals surface area (Å²) in [6, 6.07) is 5.13. The van der Waals surface area contributed by atoms with Gasteiger partial charge in [-0.25, -0.2) is 31.6 Å². The summed E-state index contributed by atoms with van der Waals surface area (Å²) in [5.41, 5.74) is 0.145. The summed E-state index contributed by atoms with van der Waals surface area (Å²) in [4.78, 5) is 25.1. The Labute approximate surface area is 280 Å². The lowest BCUT2D eigenvalue weighted by Crippen LogP contribution is -2.36. The first kappa shape index (κ1) is 34.8. The van der Waals surface area contributed by atoms with E-state index in [0.29, 0.717) is 74.3 Å². The van der Waals surface area contributed by atoms with E-state index in [-0.39, 0.29) is 40.9 Å². The van der Waals surface area contributed by atoms with Crippen molar-refractivity contribution in [3.63, 3.8) is 0 Å². The number of nitrogens with one attached hydrogen (secondary N) is 1. The van der Waals surface area contributed by atoms with E-state index >= 15 is 13.2 Å². The fraction of sp³-hybridized carbons (Fsp3) is 0.629. The second-order valence-electron chi connectivity index (χ2n) is 13.7. The van der Waals surface area contributed by atoms with Crippen LogP contribution in [0.25, 0.3) is 11.0 Å². The number of halogens is 3. The predicted octanol–water partition coefficient (Wildman–Crippen LogP) is 6.18. The fourth-order valence-corrected chi connectivity index (χ4v) is 8.99. The van der Waals surface area contributed by atoms with Crippen LogP contribution in [0.15, 0.2) is 35.4 Å².